The van der Waals surface area contributed by atoms with Gasteiger partial charge in [-0.05, 0) is 25.5 Å². The van der Waals surface area contributed by atoms with E-state index in [0.29, 0.717) is 12.6 Å². The lowest BCUT2D eigenvalue weighted by Crippen LogP contribution is -2.35. The molecule has 0 aliphatic heterocycles. The standard InChI is InChI=1S/C16H23N3O/c1-4-15(12-20-16-8-6-5-7-9-16)18-13(2)14-10-17-19(3)11-14/h5-11,13,15,18H,4,12H2,1-3H3/t13-,15+/m1/s1. The highest BCUT2D eigenvalue weighted by Crippen LogP contribution is 2.14. The van der Waals surface area contributed by atoms with Crippen molar-refractivity contribution in [3.63, 3.8) is 0 Å². The summed E-state index contributed by atoms with van der Waals surface area (Å²) in [5.41, 5.74) is 1.20. The van der Waals surface area contributed by atoms with Crippen LogP contribution in [0, 0.1) is 0 Å². The third kappa shape index (κ3) is 4.10. The van der Waals surface area contributed by atoms with E-state index in [9.17, 15) is 0 Å². The number of aryl methyl sites for hydroxylation is 1. The zero-order valence-corrected chi connectivity index (χ0v) is 12.4. The monoisotopic (exact) mass is 273 g/mol. The van der Waals surface area contributed by atoms with E-state index in [1.54, 1.807) is 0 Å². The summed E-state index contributed by atoms with van der Waals surface area (Å²) in [7, 11) is 1.94. The van der Waals surface area contributed by atoms with Crippen LogP contribution in [0.25, 0.3) is 0 Å². The average molecular weight is 273 g/mol. The van der Waals surface area contributed by atoms with Gasteiger partial charge in [-0.1, -0.05) is 25.1 Å². The maximum absolute atomic E-state index is 5.82. The number of hydrogen-bond donors (Lipinski definition) is 1. The topological polar surface area (TPSA) is 39.1 Å². The van der Waals surface area contributed by atoms with Crippen LogP contribution in [0.2, 0.25) is 0 Å². The Balaban J connectivity index is 1.85. The van der Waals surface area contributed by atoms with E-state index in [4.69, 9.17) is 4.74 Å². The van der Waals surface area contributed by atoms with Gasteiger partial charge < -0.3 is 10.1 Å². The minimum Gasteiger partial charge on any atom is -0.492 e. The maximum atomic E-state index is 5.82. The Kier molecular flexibility index (Phi) is 5.18. The summed E-state index contributed by atoms with van der Waals surface area (Å²) < 4.78 is 7.65. The fourth-order valence-electron chi connectivity index (χ4n) is 2.11. The molecule has 0 unspecified atom stereocenters. The summed E-state index contributed by atoms with van der Waals surface area (Å²) in [6.45, 7) is 5.00. The molecule has 20 heavy (non-hydrogen) atoms. The summed E-state index contributed by atoms with van der Waals surface area (Å²) in [5, 5.41) is 7.80. The highest BCUT2D eigenvalue weighted by molar-refractivity contribution is 5.21. The molecule has 108 valence electrons. The van der Waals surface area contributed by atoms with Crippen LogP contribution in [0.3, 0.4) is 0 Å². The van der Waals surface area contributed by atoms with Gasteiger partial charge in [-0.2, -0.15) is 5.10 Å². The van der Waals surface area contributed by atoms with Gasteiger partial charge in [0.05, 0.1) is 6.20 Å². The van der Waals surface area contributed by atoms with Crippen LogP contribution in [0.5, 0.6) is 5.75 Å². The van der Waals surface area contributed by atoms with Crippen LogP contribution in [-0.4, -0.2) is 22.4 Å². The van der Waals surface area contributed by atoms with Crippen LogP contribution in [-0.2, 0) is 7.05 Å². The van der Waals surface area contributed by atoms with Crippen molar-refractivity contribution in [3.05, 3.63) is 48.3 Å². The van der Waals surface area contributed by atoms with E-state index in [0.717, 1.165) is 12.2 Å². The number of nitrogens with zero attached hydrogens (tertiary/aromatic N) is 2. The summed E-state index contributed by atoms with van der Waals surface area (Å²) >= 11 is 0. The van der Waals surface area contributed by atoms with E-state index < -0.39 is 0 Å². The van der Waals surface area contributed by atoms with Crippen LogP contribution in [0.4, 0.5) is 0 Å². The van der Waals surface area contributed by atoms with Gasteiger partial charge in [-0.3, -0.25) is 4.68 Å². The van der Waals surface area contributed by atoms with Crippen LogP contribution in [0.1, 0.15) is 31.9 Å². The van der Waals surface area contributed by atoms with Crippen LogP contribution in [0.15, 0.2) is 42.7 Å². The van der Waals surface area contributed by atoms with Gasteiger partial charge in [0.15, 0.2) is 0 Å². The average Bonchev–Trinajstić information content (AvgIpc) is 2.91. The first-order valence-corrected chi connectivity index (χ1v) is 7.11. The number of hydrogen-bond acceptors (Lipinski definition) is 3. The van der Waals surface area contributed by atoms with Crippen molar-refractivity contribution in [1.29, 1.82) is 0 Å². The van der Waals surface area contributed by atoms with Gasteiger partial charge in [-0.25, -0.2) is 0 Å². The molecule has 1 aromatic heterocycles. The molecule has 0 saturated heterocycles. The zero-order chi connectivity index (χ0) is 14.4. The fourth-order valence-corrected chi connectivity index (χ4v) is 2.11. The number of aromatic nitrogens is 2. The molecule has 0 amide bonds. The van der Waals surface area contributed by atoms with Crippen molar-refractivity contribution in [3.8, 4) is 5.75 Å². The summed E-state index contributed by atoms with van der Waals surface area (Å²) in [6.07, 6.45) is 4.97. The van der Waals surface area contributed by atoms with Gasteiger partial charge in [0.1, 0.15) is 12.4 Å². The van der Waals surface area contributed by atoms with Crippen molar-refractivity contribution in [2.75, 3.05) is 6.61 Å². The normalized spacial score (nSPS) is 13.9. The minimum atomic E-state index is 0.271. The van der Waals surface area contributed by atoms with Crippen molar-refractivity contribution in [2.24, 2.45) is 7.05 Å². The van der Waals surface area contributed by atoms with Crippen molar-refractivity contribution < 1.29 is 4.74 Å². The van der Waals surface area contributed by atoms with E-state index in [-0.39, 0.29) is 6.04 Å². The molecule has 0 bridgehead atoms. The Labute approximate surface area is 120 Å². The van der Waals surface area contributed by atoms with E-state index in [1.807, 2.05) is 54.5 Å². The van der Waals surface area contributed by atoms with Crippen molar-refractivity contribution >= 4 is 0 Å². The van der Waals surface area contributed by atoms with Gasteiger partial charge in [0.2, 0.25) is 0 Å². The molecular weight excluding hydrogens is 250 g/mol. The SMILES string of the molecule is CC[C@@H](COc1ccccc1)N[C@H](C)c1cnn(C)c1. The van der Waals surface area contributed by atoms with E-state index in [1.165, 1.54) is 5.56 Å². The first kappa shape index (κ1) is 14.6. The first-order chi connectivity index (χ1) is 9.69. The molecule has 0 spiro atoms. The number of rotatable bonds is 7. The molecular formula is C16H23N3O. The fraction of sp³-hybridized carbons (Fsp3) is 0.438. The van der Waals surface area contributed by atoms with E-state index in [2.05, 4.69) is 24.3 Å². The molecule has 0 radical (unpaired) electrons. The summed E-state index contributed by atoms with van der Waals surface area (Å²) in [4.78, 5) is 0. The molecule has 0 aliphatic rings. The predicted molar refractivity (Wildman–Crippen MR) is 80.8 cm³/mol. The molecule has 1 heterocycles. The lowest BCUT2D eigenvalue weighted by molar-refractivity contribution is 0.250. The van der Waals surface area contributed by atoms with E-state index >= 15 is 0 Å². The summed E-state index contributed by atoms with van der Waals surface area (Å²) in [6, 6.07) is 10.5. The Morgan fingerprint density at radius 2 is 2.05 bits per heavy atom. The summed E-state index contributed by atoms with van der Waals surface area (Å²) in [5.74, 6) is 0.918. The lowest BCUT2D eigenvalue weighted by atomic mass is 10.1. The number of benzene rings is 1. The molecule has 1 N–H and O–H groups in total. The third-order valence-corrected chi connectivity index (χ3v) is 3.40. The zero-order valence-electron chi connectivity index (χ0n) is 12.4. The van der Waals surface area contributed by atoms with Gasteiger partial charge in [-0.15, -0.1) is 0 Å². The Hall–Kier alpha value is -1.81. The molecule has 0 aliphatic carbocycles. The predicted octanol–water partition coefficient (Wildman–Crippen LogP) is 2.93. The van der Waals surface area contributed by atoms with Crippen molar-refractivity contribution in [2.45, 2.75) is 32.4 Å². The molecule has 0 fully saturated rings. The van der Waals surface area contributed by atoms with Crippen LogP contribution < -0.4 is 10.1 Å². The molecule has 1 aromatic carbocycles. The smallest absolute Gasteiger partial charge is 0.119 e. The third-order valence-electron chi connectivity index (χ3n) is 3.40. The van der Waals surface area contributed by atoms with Gasteiger partial charge >= 0.3 is 0 Å². The number of ether oxygens (including phenoxy) is 1. The lowest BCUT2D eigenvalue weighted by Gasteiger charge is -2.22. The Morgan fingerprint density at radius 3 is 2.65 bits per heavy atom. The maximum Gasteiger partial charge on any atom is 0.119 e. The second kappa shape index (κ2) is 7.10. The molecule has 0 saturated carbocycles. The Bertz CT molecular complexity index is 509. The molecule has 4 heteroatoms. The largest absolute Gasteiger partial charge is 0.492 e. The highest BCUT2D eigenvalue weighted by atomic mass is 16.5. The molecule has 4 nitrogen and oxygen atoms in total. The molecule has 2 rings (SSSR count). The van der Waals surface area contributed by atoms with Gasteiger partial charge in [0.25, 0.3) is 0 Å². The minimum absolute atomic E-state index is 0.271. The van der Waals surface area contributed by atoms with Crippen molar-refractivity contribution in [1.82, 2.24) is 15.1 Å². The number of nitrogens with one attached hydrogen (secondary N) is 1. The first-order valence-electron chi connectivity index (χ1n) is 7.11. The van der Waals surface area contributed by atoms with Crippen LogP contribution >= 0.6 is 0 Å². The number of para-hydroxylation sites is 1. The quantitative estimate of drug-likeness (QED) is 0.843. The second-order valence-corrected chi connectivity index (χ2v) is 5.06. The Morgan fingerprint density at radius 1 is 1.30 bits per heavy atom. The van der Waals surface area contributed by atoms with Gasteiger partial charge in [0, 0.05) is 30.9 Å². The molecule has 2 atom stereocenters. The molecule has 2 aromatic rings. The highest BCUT2D eigenvalue weighted by Gasteiger charge is 2.13. The second-order valence-electron chi connectivity index (χ2n) is 5.06.